The number of aromatic nitrogens is 2. The maximum Gasteiger partial charge on any atom is 0.306 e. The van der Waals surface area contributed by atoms with Crippen LogP contribution < -0.4 is 4.74 Å². The minimum atomic E-state index is -0.560. The number of rotatable bonds is 14. The lowest BCUT2D eigenvalue weighted by Crippen LogP contribution is -2.48. The molecule has 4 aliphatic heterocycles. The largest absolute Gasteiger partial charge is 0.469 e. The number of ether oxygens (including phenoxy) is 4. The van der Waals surface area contributed by atoms with Gasteiger partial charge in [-0.1, -0.05) is 44.2 Å². The predicted octanol–water partition coefficient (Wildman–Crippen LogP) is 11.3. The van der Waals surface area contributed by atoms with Gasteiger partial charge in [-0.05, 0) is 160 Å². The lowest BCUT2D eigenvalue weighted by molar-refractivity contribution is -0.153. The maximum atomic E-state index is 17.1. The molecule has 2 saturated carbocycles. The number of esters is 2. The van der Waals surface area contributed by atoms with Gasteiger partial charge < -0.3 is 28.7 Å². The van der Waals surface area contributed by atoms with Crippen molar-refractivity contribution in [1.82, 2.24) is 19.4 Å². The van der Waals surface area contributed by atoms with E-state index in [1.54, 1.807) is 17.4 Å². The normalized spacial score (nSPS) is 26.4. The van der Waals surface area contributed by atoms with Crippen LogP contribution in [0.25, 0.3) is 33.3 Å². The van der Waals surface area contributed by atoms with E-state index in [2.05, 4.69) is 71.9 Å². The first-order valence-electron chi connectivity index (χ1n) is 27.0. The number of allylic oxidation sites excluding steroid dienone is 6. The predicted molar refractivity (Wildman–Crippen MR) is 281 cm³/mol. The molecule has 0 bridgehead atoms. The van der Waals surface area contributed by atoms with Gasteiger partial charge in [-0.15, -0.1) is 11.3 Å². The number of carbonyl (C=O) groups excluding carboxylic acids is 4. The molecule has 0 radical (unpaired) electrons. The summed E-state index contributed by atoms with van der Waals surface area (Å²) in [5.74, 6) is -0.513. The third-order valence-corrected chi connectivity index (χ3v) is 18.8. The van der Waals surface area contributed by atoms with Gasteiger partial charge in [0.1, 0.15) is 11.6 Å². The van der Waals surface area contributed by atoms with Crippen molar-refractivity contribution in [2.75, 3.05) is 27.4 Å². The average Bonchev–Trinajstić information content (AvgIpc) is 3.84. The summed E-state index contributed by atoms with van der Waals surface area (Å²) in [5.41, 5.74) is 8.02. The molecule has 2 aromatic heterocycles. The van der Waals surface area contributed by atoms with Crippen LogP contribution in [0.5, 0.6) is 5.75 Å². The zero-order chi connectivity index (χ0) is 51.3. The van der Waals surface area contributed by atoms with E-state index in [9.17, 15) is 19.2 Å². The van der Waals surface area contributed by atoms with E-state index in [0.717, 1.165) is 100 Å². The molecule has 8 aliphatic rings. The van der Waals surface area contributed by atoms with E-state index >= 15 is 4.39 Å². The van der Waals surface area contributed by atoms with Gasteiger partial charge in [0.15, 0.2) is 0 Å². The van der Waals surface area contributed by atoms with Crippen LogP contribution in [-0.4, -0.2) is 94.2 Å². The summed E-state index contributed by atoms with van der Waals surface area (Å²) in [5, 5.41) is 2.08. The van der Waals surface area contributed by atoms with Gasteiger partial charge >= 0.3 is 11.9 Å². The second-order valence-electron chi connectivity index (χ2n) is 23.2. The maximum absolute atomic E-state index is 17.1. The van der Waals surface area contributed by atoms with Gasteiger partial charge in [-0.25, -0.2) is 9.37 Å². The lowest BCUT2D eigenvalue weighted by atomic mass is 9.77. The fraction of sp³-hybridized carbons (Fsp3) is 0.517. The Morgan fingerprint density at radius 2 is 1.61 bits per heavy atom. The highest BCUT2D eigenvalue weighted by atomic mass is 32.1. The van der Waals surface area contributed by atoms with Gasteiger partial charge in [0.05, 0.1) is 83.2 Å². The van der Waals surface area contributed by atoms with Crippen LogP contribution in [0.2, 0.25) is 0 Å². The van der Waals surface area contributed by atoms with Crippen LogP contribution in [0.15, 0.2) is 78.0 Å². The number of amides is 2. The molecule has 0 N–H and O–H groups in total. The zero-order valence-corrected chi connectivity index (χ0v) is 44.2. The molecule has 388 valence electrons. The Morgan fingerprint density at radius 3 is 2.34 bits per heavy atom. The van der Waals surface area contributed by atoms with Crippen LogP contribution in [0.4, 0.5) is 4.39 Å². The number of hydrogen-bond donors (Lipinski definition) is 0. The van der Waals surface area contributed by atoms with Gasteiger partial charge in [0, 0.05) is 36.7 Å². The van der Waals surface area contributed by atoms with E-state index in [1.165, 1.54) is 25.4 Å². The number of hydrogen-bond acceptors (Lipinski definition) is 10. The van der Waals surface area contributed by atoms with Crippen molar-refractivity contribution in [2.45, 2.75) is 141 Å². The Labute approximate surface area is 436 Å². The summed E-state index contributed by atoms with van der Waals surface area (Å²) in [6.45, 7) is 9.28. The molecule has 3 unspecified atom stereocenters. The van der Waals surface area contributed by atoms with Crippen molar-refractivity contribution in [3.8, 4) is 17.0 Å². The number of methoxy groups -OCH3 is 2. The van der Waals surface area contributed by atoms with Crippen LogP contribution >= 0.6 is 11.3 Å². The third kappa shape index (κ3) is 8.94. The first-order chi connectivity index (χ1) is 35.7. The summed E-state index contributed by atoms with van der Waals surface area (Å²) >= 11 is 1.67. The molecule has 12 rings (SSSR count). The lowest BCUT2D eigenvalue weighted by Gasteiger charge is -2.40. The number of piperidine rings is 1. The van der Waals surface area contributed by atoms with E-state index in [-0.39, 0.29) is 78.0 Å². The molecule has 6 heterocycles. The van der Waals surface area contributed by atoms with Gasteiger partial charge in [-0.2, -0.15) is 0 Å². The Hall–Kier alpha value is -5.86. The standard InChI is InChI=1S/C60H67FN4O8S/c1-32(2)43(28-53(66)70-5)57(68)63-18-7-8-46(63)37-13-12-36(21-37)40-23-45(61)55-50-26-41-22-35(15-16-47(41)65(50)59(73-51(55)27-40)52-31-62-56(74-52)33-9-10-33)34-11-14-38(20-34)48-24-42-25-49(42)64(48)58(69)44(29-54(67)71-6)39-17-19-72-60(3,4)30-39/h11-16,22-23,26-27,31-33,39,42-44,46,48-49,59H,7-10,17-21,24-25,28-30H2,1-6H3/t39?,42-,43-,44?,46-,48-,49+,59?/m0/s1. The summed E-state index contributed by atoms with van der Waals surface area (Å²) in [6, 6.07) is 12.3. The Balaban J connectivity index is 0.805. The molecular weight excluding hydrogens is 956 g/mol. The van der Waals surface area contributed by atoms with E-state index < -0.39 is 18.1 Å². The third-order valence-electron chi connectivity index (χ3n) is 17.6. The van der Waals surface area contributed by atoms with E-state index in [1.807, 2.05) is 31.0 Å². The number of carbonyl (C=O) groups is 4. The SMILES string of the molecule is COC(=O)CC(C(=O)N1[C@@H]2C[C@@H]2C[C@H]1C1=CC=C(c2ccc3c(c2)cc2n3C(c3cnc(C4CC4)s3)Oc3cc(C4=CC=C([C@@H]5CCCN5C(=O)[C@@H](CC(=O)OC)C(C)C)C4)cc(F)c3-2)C1)C1CCOC(C)(C)C1. The highest BCUT2D eigenvalue weighted by molar-refractivity contribution is 7.11. The Kier molecular flexibility index (Phi) is 12.6. The van der Waals surface area contributed by atoms with Crippen LogP contribution in [-0.2, 0) is 33.4 Å². The molecule has 5 fully saturated rings. The first-order valence-corrected chi connectivity index (χ1v) is 27.8. The number of likely N-dealkylation sites (tertiary alicyclic amines) is 2. The van der Waals surface area contributed by atoms with E-state index in [4.69, 9.17) is 23.9 Å². The number of nitrogens with zero attached hydrogens (tertiary/aromatic N) is 4. The minimum absolute atomic E-state index is 0.0168. The number of thiazole rings is 1. The smallest absolute Gasteiger partial charge is 0.306 e. The number of halogens is 1. The monoisotopic (exact) mass is 1020 g/mol. The Bertz CT molecular complexity index is 3100. The zero-order valence-electron chi connectivity index (χ0n) is 43.4. The van der Waals surface area contributed by atoms with Crippen LogP contribution in [0.3, 0.4) is 0 Å². The molecule has 3 saturated heterocycles. The van der Waals surface area contributed by atoms with Crippen molar-refractivity contribution in [3.05, 3.63) is 105 Å². The summed E-state index contributed by atoms with van der Waals surface area (Å²) in [7, 11) is 2.76. The molecule has 4 aromatic rings. The molecule has 12 nitrogen and oxygen atoms in total. The molecule has 14 heteroatoms. The first kappa shape index (κ1) is 49.0. The fourth-order valence-corrected chi connectivity index (χ4v) is 14.5. The van der Waals surface area contributed by atoms with Crippen molar-refractivity contribution in [2.24, 2.45) is 29.6 Å². The number of fused-ring (bicyclic) bond motifs is 6. The Morgan fingerprint density at radius 1 is 0.865 bits per heavy atom. The summed E-state index contributed by atoms with van der Waals surface area (Å²) < 4.78 is 42.3. The second-order valence-corrected chi connectivity index (χ2v) is 24.3. The molecule has 74 heavy (non-hydrogen) atoms. The van der Waals surface area contributed by atoms with Crippen molar-refractivity contribution in [1.29, 1.82) is 0 Å². The number of benzene rings is 2. The molecule has 8 atom stereocenters. The average molecular weight is 1020 g/mol. The fourth-order valence-electron chi connectivity index (χ4n) is 13.4. The van der Waals surface area contributed by atoms with Gasteiger partial charge in [-0.3, -0.25) is 23.7 Å². The van der Waals surface area contributed by atoms with E-state index in [0.29, 0.717) is 49.1 Å². The van der Waals surface area contributed by atoms with Crippen molar-refractivity contribution >= 4 is 57.1 Å². The quantitative estimate of drug-likeness (QED) is 0.113. The molecule has 4 aliphatic carbocycles. The topological polar surface area (TPSA) is 130 Å². The second kappa shape index (κ2) is 19.1. The molecular formula is C60H67FN4O8S. The van der Waals surface area contributed by atoms with Crippen LogP contribution in [0, 0.1) is 35.4 Å². The molecule has 2 aromatic carbocycles. The van der Waals surface area contributed by atoms with Gasteiger partial charge in [0.25, 0.3) is 0 Å². The van der Waals surface area contributed by atoms with Crippen molar-refractivity contribution in [3.63, 3.8) is 0 Å². The summed E-state index contributed by atoms with van der Waals surface area (Å²) in [6.07, 6.45) is 18.7. The highest BCUT2D eigenvalue weighted by Crippen LogP contribution is 2.54. The molecule has 2 amide bonds. The molecule has 0 spiro atoms. The van der Waals surface area contributed by atoms with Gasteiger partial charge in [0.2, 0.25) is 18.0 Å². The van der Waals surface area contributed by atoms with Crippen LogP contribution in [0.1, 0.15) is 138 Å². The highest BCUT2D eigenvalue weighted by Gasteiger charge is 2.56. The van der Waals surface area contributed by atoms with Crippen molar-refractivity contribution < 1.29 is 42.5 Å². The summed E-state index contributed by atoms with van der Waals surface area (Å²) in [4.78, 5) is 63.8. The minimum Gasteiger partial charge on any atom is -0.469 e.